The highest BCUT2D eigenvalue weighted by molar-refractivity contribution is 6.06. The lowest BCUT2D eigenvalue weighted by Gasteiger charge is -2.36. The van der Waals surface area contributed by atoms with Gasteiger partial charge in [-0.15, -0.1) is 0 Å². The van der Waals surface area contributed by atoms with Crippen LogP contribution in [0.15, 0.2) is 18.2 Å². The Kier molecular flexibility index (Phi) is 7.02. The fourth-order valence-electron chi connectivity index (χ4n) is 4.25. The van der Waals surface area contributed by atoms with Crippen molar-refractivity contribution in [3.63, 3.8) is 0 Å². The first-order valence-electron chi connectivity index (χ1n) is 10.4. The fraction of sp³-hybridized carbons (Fsp3) is 0.636. The Morgan fingerprint density at radius 1 is 1.22 bits per heavy atom. The first kappa shape index (κ1) is 20.0. The van der Waals surface area contributed by atoms with Gasteiger partial charge in [-0.2, -0.15) is 0 Å². The highest BCUT2D eigenvalue weighted by Gasteiger charge is 2.24. The number of hydrogen-bond acceptors (Lipinski definition) is 5. The first-order valence-corrected chi connectivity index (χ1v) is 10.4. The van der Waals surface area contributed by atoms with Gasteiger partial charge in [-0.1, -0.05) is 26.0 Å². The van der Waals surface area contributed by atoms with Crippen molar-refractivity contribution < 1.29 is 9.59 Å². The lowest BCUT2D eigenvalue weighted by Crippen LogP contribution is -2.43. The Morgan fingerprint density at radius 3 is 2.56 bits per heavy atom. The van der Waals surface area contributed by atoms with Crippen LogP contribution >= 0.6 is 0 Å². The van der Waals surface area contributed by atoms with Gasteiger partial charge in [-0.25, -0.2) is 0 Å². The third-order valence-electron chi connectivity index (χ3n) is 5.94. The number of carbonyl (C=O) groups excluding carboxylic acids is 2. The number of ketones is 1. The second kappa shape index (κ2) is 9.47. The minimum absolute atomic E-state index is 0.0255. The van der Waals surface area contributed by atoms with Crippen LogP contribution in [0.2, 0.25) is 0 Å². The molecule has 2 aliphatic heterocycles. The second-order valence-corrected chi connectivity index (χ2v) is 8.32. The monoisotopic (exact) mass is 371 g/mol. The van der Waals surface area contributed by atoms with Gasteiger partial charge in [-0.3, -0.25) is 9.59 Å². The maximum atomic E-state index is 12.4. The lowest BCUT2D eigenvalue weighted by atomic mass is 9.94. The van der Waals surface area contributed by atoms with Crippen LogP contribution in [0.4, 0.5) is 5.69 Å². The van der Waals surface area contributed by atoms with Crippen LogP contribution in [-0.4, -0.2) is 55.7 Å². The third kappa shape index (κ3) is 5.17. The first-order chi connectivity index (χ1) is 13.1. The Labute approximate surface area is 162 Å². The van der Waals surface area contributed by atoms with E-state index in [2.05, 4.69) is 15.5 Å². The molecule has 1 aromatic carbocycles. The van der Waals surface area contributed by atoms with Crippen LogP contribution < -0.4 is 10.6 Å². The average Bonchev–Trinajstić information content (AvgIpc) is 2.69. The number of anilines is 1. The van der Waals surface area contributed by atoms with Crippen molar-refractivity contribution in [3.05, 3.63) is 29.3 Å². The van der Waals surface area contributed by atoms with E-state index >= 15 is 0 Å². The summed E-state index contributed by atoms with van der Waals surface area (Å²) in [7, 11) is 0. The van der Waals surface area contributed by atoms with Crippen LogP contribution in [0.5, 0.6) is 0 Å². The van der Waals surface area contributed by atoms with Gasteiger partial charge in [0.2, 0.25) is 0 Å². The number of hydrogen-bond donors (Lipinski definition) is 2. The SMILES string of the molecule is CC(C)C(=O)c1cccc(NC2CCN(CC3CCNCC3)CC2)c1C=O. The summed E-state index contributed by atoms with van der Waals surface area (Å²) >= 11 is 0. The van der Waals surface area contributed by atoms with Gasteiger partial charge in [0.15, 0.2) is 12.1 Å². The Hall–Kier alpha value is -1.72. The average molecular weight is 372 g/mol. The molecule has 148 valence electrons. The van der Waals surface area contributed by atoms with Gasteiger partial charge in [0, 0.05) is 48.4 Å². The molecule has 0 bridgehead atoms. The minimum Gasteiger partial charge on any atom is -0.382 e. The number of benzene rings is 1. The fourth-order valence-corrected chi connectivity index (χ4v) is 4.25. The molecule has 2 aliphatic rings. The number of rotatable bonds is 7. The van der Waals surface area contributed by atoms with Crippen molar-refractivity contribution in [3.8, 4) is 0 Å². The molecule has 0 spiro atoms. The van der Waals surface area contributed by atoms with Crippen LogP contribution in [0.3, 0.4) is 0 Å². The van der Waals surface area contributed by atoms with E-state index in [1.54, 1.807) is 6.07 Å². The Morgan fingerprint density at radius 2 is 1.93 bits per heavy atom. The quantitative estimate of drug-likeness (QED) is 0.569. The molecule has 2 heterocycles. The highest BCUT2D eigenvalue weighted by atomic mass is 16.1. The molecule has 0 unspecified atom stereocenters. The third-order valence-corrected chi connectivity index (χ3v) is 5.94. The molecule has 1 aromatic rings. The molecule has 3 rings (SSSR count). The lowest BCUT2D eigenvalue weighted by molar-refractivity contribution is 0.0934. The van der Waals surface area contributed by atoms with Crippen molar-refractivity contribution in [2.75, 3.05) is 38.0 Å². The van der Waals surface area contributed by atoms with Crippen LogP contribution in [0, 0.1) is 11.8 Å². The number of carbonyl (C=O) groups is 2. The molecule has 0 aromatic heterocycles. The topological polar surface area (TPSA) is 61.4 Å². The van der Waals surface area contributed by atoms with Crippen molar-refractivity contribution >= 4 is 17.8 Å². The second-order valence-electron chi connectivity index (χ2n) is 8.32. The van der Waals surface area contributed by atoms with Gasteiger partial charge in [0.25, 0.3) is 0 Å². The maximum Gasteiger partial charge on any atom is 0.166 e. The summed E-state index contributed by atoms with van der Waals surface area (Å²) in [6, 6.07) is 5.91. The molecule has 2 fully saturated rings. The molecule has 0 saturated carbocycles. The van der Waals surface area contributed by atoms with Gasteiger partial charge >= 0.3 is 0 Å². The number of Topliss-reactive ketones (excluding diaryl/α,β-unsaturated/α-hetero) is 1. The van der Waals surface area contributed by atoms with E-state index in [0.717, 1.165) is 56.9 Å². The van der Waals surface area contributed by atoms with Gasteiger partial charge in [-0.05, 0) is 50.8 Å². The smallest absolute Gasteiger partial charge is 0.166 e. The summed E-state index contributed by atoms with van der Waals surface area (Å²) in [5.41, 5.74) is 1.84. The van der Waals surface area contributed by atoms with Crippen LogP contribution in [0.25, 0.3) is 0 Å². The summed E-state index contributed by atoms with van der Waals surface area (Å²) in [4.78, 5) is 26.7. The van der Waals surface area contributed by atoms with Crippen molar-refractivity contribution in [1.29, 1.82) is 0 Å². The molecule has 5 nitrogen and oxygen atoms in total. The molecule has 0 aliphatic carbocycles. The number of nitrogens with zero attached hydrogens (tertiary/aromatic N) is 1. The largest absolute Gasteiger partial charge is 0.382 e. The zero-order valence-corrected chi connectivity index (χ0v) is 16.7. The normalized spacial score (nSPS) is 20.0. The van der Waals surface area contributed by atoms with Crippen molar-refractivity contribution in [1.82, 2.24) is 10.2 Å². The van der Waals surface area contributed by atoms with E-state index in [1.165, 1.54) is 19.4 Å². The molecule has 2 N–H and O–H groups in total. The molecular weight excluding hydrogens is 338 g/mol. The van der Waals surface area contributed by atoms with E-state index in [0.29, 0.717) is 17.2 Å². The van der Waals surface area contributed by atoms with Gasteiger partial charge < -0.3 is 15.5 Å². The molecule has 27 heavy (non-hydrogen) atoms. The summed E-state index contributed by atoms with van der Waals surface area (Å²) in [6.45, 7) is 9.47. The summed E-state index contributed by atoms with van der Waals surface area (Å²) < 4.78 is 0. The minimum atomic E-state index is -0.114. The van der Waals surface area contributed by atoms with E-state index in [-0.39, 0.29) is 11.7 Å². The van der Waals surface area contributed by atoms with Crippen LogP contribution in [-0.2, 0) is 0 Å². The zero-order valence-electron chi connectivity index (χ0n) is 16.7. The van der Waals surface area contributed by atoms with Gasteiger partial charge in [0.1, 0.15) is 0 Å². The number of piperidine rings is 2. The van der Waals surface area contributed by atoms with Crippen molar-refractivity contribution in [2.24, 2.45) is 11.8 Å². The maximum absolute atomic E-state index is 12.4. The Balaban J connectivity index is 1.58. The molecule has 0 atom stereocenters. The van der Waals surface area contributed by atoms with E-state index in [9.17, 15) is 9.59 Å². The number of likely N-dealkylation sites (tertiary alicyclic amines) is 1. The molecule has 2 saturated heterocycles. The van der Waals surface area contributed by atoms with Gasteiger partial charge in [0.05, 0.1) is 0 Å². The van der Waals surface area contributed by atoms with E-state index < -0.39 is 0 Å². The molecule has 0 amide bonds. The highest BCUT2D eigenvalue weighted by Crippen LogP contribution is 2.25. The van der Waals surface area contributed by atoms with E-state index in [4.69, 9.17) is 0 Å². The molecular formula is C22H33N3O2. The summed E-state index contributed by atoms with van der Waals surface area (Å²) in [6.07, 6.45) is 5.55. The molecule has 0 radical (unpaired) electrons. The molecule has 5 heteroatoms. The number of nitrogens with one attached hydrogen (secondary N) is 2. The summed E-state index contributed by atoms with van der Waals surface area (Å²) in [5.74, 6) is 0.742. The van der Waals surface area contributed by atoms with Crippen LogP contribution in [0.1, 0.15) is 60.2 Å². The van der Waals surface area contributed by atoms with Crippen molar-refractivity contribution in [2.45, 2.75) is 45.6 Å². The zero-order chi connectivity index (χ0) is 19.2. The standard InChI is InChI=1S/C22H33N3O2/c1-16(2)22(27)19-4-3-5-21(20(19)15-26)24-18-8-12-25(13-9-18)14-17-6-10-23-11-7-17/h3-5,15-18,23-24H,6-14H2,1-2H3. The predicted molar refractivity (Wildman–Crippen MR) is 110 cm³/mol. The number of aldehydes is 1. The summed E-state index contributed by atoms with van der Waals surface area (Å²) in [5, 5.41) is 6.97. The van der Waals surface area contributed by atoms with E-state index in [1.807, 2.05) is 26.0 Å². The predicted octanol–water partition coefficient (Wildman–Crippen LogP) is 3.21. The Bertz CT molecular complexity index is 645.